The van der Waals surface area contributed by atoms with Gasteiger partial charge in [0.1, 0.15) is 17.3 Å². The molecule has 0 saturated heterocycles. The molecule has 2 aromatic heterocycles. The summed E-state index contributed by atoms with van der Waals surface area (Å²) in [5.74, 6) is -2.34. The molecule has 0 aliphatic heterocycles. The highest BCUT2D eigenvalue weighted by atomic mass is 19.1. The molecule has 2 aromatic carbocycles. The van der Waals surface area contributed by atoms with Crippen molar-refractivity contribution in [3.05, 3.63) is 89.3 Å². The van der Waals surface area contributed by atoms with Gasteiger partial charge in [0.05, 0.1) is 13.7 Å². The summed E-state index contributed by atoms with van der Waals surface area (Å²) in [6.07, 6.45) is 5.34. The number of halogens is 2. The molecule has 2 heterocycles. The van der Waals surface area contributed by atoms with E-state index in [1.54, 1.807) is 24.4 Å². The van der Waals surface area contributed by atoms with Crippen LogP contribution in [0.5, 0.6) is 5.88 Å². The first-order chi connectivity index (χ1) is 15.4. The van der Waals surface area contributed by atoms with E-state index in [4.69, 9.17) is 4.74 Å². The second-order valence-corrected chi connectivity index (χ2v) is 7.19. The largest absolute Gasteiger partial charge is 0.481 e. The van der Waals surface area contributed by atoms with Gasteiger partial charge in [0.25, 0.3) is 0 Å². The fourth-order valence-electron chi connectivity index (χ4n) is 3.89. The number of methoxy groups -OCH3 is 1. The van der Waals surface area contributed by atoms with Gasteiger partial charge >= 0.3 is 5.97 Å². The van der Waals surface area contributed by atoms with Gasteiger partial charge in [0.15, 0.2) is 0 Å². The molecular weight excluding hydrogens is 414 g/mol. The second-order valence-electron chi connectivity index (χ2n) is 7.19. The number of nitrogens with zero attached hydrogens (tertiary/aromatic N) is 2. The lowest BCUT2D eigenvalue weighted by Gasteiger charge is -2.11. The molecule has 0 radical (unpaired) electrons. The van der Waals surface area contributed by atoms with Gasteiger partial charge in [-0.3, -0.25) is 0 Å². The highest BCUT2D eigenvalue weighted by Crippen LogP contribution is 2.40. The van der Waals surface area contributed by atoms with Crippen LogP contribution in [0.25, 0.3) is 28.1 Å². The number of carbonyl (C=O) groups is 1. The van der Waals surface area contributed by atoms with E-state index in [0.29, 0.717) is 22.0 Å². The summed E-state index contributed by atoms with van der Waals surface area (Å²) in [7, 11) is 1.46. The topological polar surface area (TPSA) is 64.3 Å². The lowest BCUT2D eigenvalue weighted by Crippen LogP contribution is -2.11. The minimum atomic E-state index is -1.18. The van der Waals surface area contributed by atoms with E-state index >= 15 is 0 Å². The Kier molecular flexibility index (Phi) is 5.73. The normalized spacial score (nSPS) is 11.4. The van der Waals surface area contributed by atoms with E-state index in [2.05, 4.69) is 4.98 Å². The number of rotatable bonds is 6. The number of pyridine rings is 1. The van der Waals surface area contributed by atoms with Gasteiger partial charge in [-0.1, -0.05) is 24.3 Å². The van der Waals surface area contributed by atoms with Gasteiger partial charge in [-0.2, -0.15) is 0 Å². The molecule has 7 heteroatoms. The fraction of sp³-hybridized carbons (Fsp3) is 0.120. The Bertz CT molecular complexity index is 1360. The average molecular weight is 434 g/mol. The van der Waals surface area contributed by atoms with E-state index < -0.39 is 17.6 Å². The Balaban J connectivity index is 2.07. The Hall–Kier alpha value is -4.00. The number of aromatic nitrogens is 2. The minimum Gasteiger partial charge on any atom is -0.481 e. The number of hydrogen-bond acceptors (Lipinski definition) is 3. The maximum absolute atomic E-state index is 14.4. The number of benzene rings is 2. The molecule has 0 atom stereocenters. The van der Waals surface area contributed by atoms with Crippen molar-refractivity contribution in [1.82, 2.24) is 9.55 Å². The zero-order valence-electron chi connectivity index (χ0n) is 17.5. The van der Waals surface area contributed by atoms with Crippen LogP contribution in [0.1, 0.15) is 28.5 Å². The molecule has 32 heavy (non-hydrogen) atoms. The molecular formula is C25H20F2N2O3. The molecule has 0 bridgehead atoms. The van der Waals surface area contributed by atoms with Crippen molar-refractivity contribution < 1.29 is 23.4 Å². The van der Waals surface area contributed by atoms with E-state index in [1.165, 1.54) is 17.7 Å². The molecule has 1 N–H and O–H groups in total. The maximum atomic E-state index is 14.4. The summed E-state index contributed by atoms with van der Waals surface area (Å²) in [6.45, 7) is 1.80. The van der Waals surface area contributed by atoms with Crippen molar-refractivity contribution in [2.75, 3.05) is 7.11 Å². The summed E-state index contributed by atoms with van der Waals surface area (Å²) in [5, 5.41) is 10.8. The monoisotopic (exact) mass is 434 g/mol. The number of carboxylic acid groups (broad SMARTS) is 1. The molecule has 0 fully saturated rings. The van der Waals surface area contributed by atoms with Crippen molar-refractivity contribution in [3.8, 4) is 17.0 Å². The van der Waals surface area contributed by atoms with Gasteiger partial charge in [-0.15, -0.1) is 0 Å². The van der Waals surface area contributed by atoms with Crippen molar-refractivity contribution in [2.45, 2.75) is 13.5 Å². The molecule has 0 unspecified atom stereocenters. The molecule has 4 aromatic rings. The third-order valence-corrected chi connectivity index (χ3v) is 5.23. The highest BCUT2D eigenvalue weighted by molar-refractivity contribution is 6.09. The van der Waals surface area contributed by atoms with Gasteiger partial charge in [0.2, 0.25) is 5.88 Å². The first kappa shape index (κ1) is 21.2. The summed E-state index contributed by atoms with van der Waals surface area (Å²) >= 11 is 0. The first-order valence-corrected chi connectivity index (χ1v) is 9.90. The quantitative estimate of drug-likeness (QED) is 0.418. The van der Waals surface area contributed by atoms with E-state index in [9.17, 15) is 18.7 Å². The number of aromatic carboxylic acids is 1. The van der Waals surface area contributed by atoms with Gasteiger partial charge in [-0.05, 0) is 42.8 Å². The van der Waals surface area contributed by atoms with Crippen LogP contribution < -0.4 is 4.74 Å². The summed E-state index contributed by atoms with van der Waals surface area (Å²) in [6, 6.07) is 12.2. The van der Waals surface area contributed by atoms with Crippen LogP contribution in [0.2, 0.25) is 0 Å². The van der Waals surface area contributed by atoms with Crippen LogP contribution in [0, 0.1) is 11.6 Å². The zero-order chi connectivity index (χ0) is 22.8. The maximum Gasteiger partial charge on any atom is 0.353 e. The van der Waals surface area contributed by atoms with Crippen LogP contribution in [-0.4, -0.2) is 27.7 Å². The highest BCUT2D eigenvalue weighted by Gasteiger charge is 2.26. The molecule has 0 amide bonds. The van der Waals surface area contributed by atoms with Gasteiger partial charge < -0.3 is 14.4 Å². The van der Waals surface area contributed by atoms with E-state index in [-0.39, 0.29) is 23.7 Å². The van der Waals surface area contributed by atoms with Crippen molar-refractivity contribution in [1.29, 1.82) is 0 Å². The van der Waals surface area contributed by atoms with Crippen LogP contribution in [0.3, 0.4) is 0 Å². The molecule has 162 valence electrons. The van der Waals surface area contributed by atoms with Gasteiger partial charge in [-0.25, -0.2) is 18.6 Å². The molecule has 0 aliphatic rings. The third kappa shape index (κ3) is 3.73. The zero-order valence-corrected chi connectivity index (χ0v) is 17.5. The van der Waals surface area contributed by atoms with Crippen molar-refractivity contribution in [3.63, 3.8) is 0 Å². The van der Waals surface area contributed by atoms with Crippen molar-refractivity contribution >= 4 is 22.9 Å². The van der Waals surface area contributed by atoms with Gasteiger partial charge in [0, 0.05) is 39.9 Å². The van der Waals surface area contributed by atoms with Crippen LogP contribution in [0.15, 0.2) is 60.8 Å². The number of hydrogen-bond donors (Lipinski definition) is 1. The van der Waals surface area contributed by atoms with E-state index in [1.807, 2.05) is 31.2 Å². The predicted octanol–water partition coefficient (Wildman–Crippen LogP) is 5.77. The van der Waals surface area contributed by atoms with Crippen LogP contribution in [-0.2, 0) is 6.54 Å². The lowest BCUT2D eigenvalue weighted by molar-refractivity contribution is 0.0687. The average Bonchev–Trinajstić information content (AvgIpc) is 3.09. The molecule has 0 aliphatic carbocycles. The number of allylic oxidation sites excluding steroid dienone is 1. The lowest BCUT2D eigenvalue weighted by atomic mass is 10.0. The Morgan fingerprint density at radius 3 is 2.69 bits per heavy atom. The van der Waals surface area contributed by atoms with E-state index in [0.717, 1.165) is 17.7 Å². The second kappa shape index (κ2) is 8.63. The standard InChI is InChI=1S/C25H20F2N2O3/c1-3-5-15-7-10-21-19(12-15)22(18-6-4-11-28-24(18)32-2)23(25(30)31)29(21)14-16-8-9-17(26)13-20(16)27/h3-13H,14H2,1-2H3,(H,30,31)/b5-3-. The Labute approximate surface area is 183 Å². The Morgan fingerprint density at radius 2 is 2.00 bits per heavy atom. The molecule has 0 saturated carbocycles. The number of fused-ring (bicyclic) bond motifs is 1. The van der Waals surface area contributed by atoms with Crippen molar-refractivity contribution in [2.24, 2.45) is 0 Å². The molecule has 4 rings (SSSR count). The smallest absolute Gasteiger partial charge is 0.353 e. The third-order valence-electron chi connectivity index (χ3n) is 5.23. The summed E-state index contributed by atoms with van der Waals surface area (Å²) < 4.78 is 34.8. The summed E-state index contributed by atoms with van der Waals surface area (Å²) in [4.78, 5) is 16.7. The Morgan fingerprint density at radius 1 is 1.19 bits per heavy atom. The molecule has 0 spiro atoms. The fourth-order valence-corrected chi connectivity index (χ4v) is 3.89. The van der Waals surface area contributed by atoms with Crippen LogP contribution in [0.4, 0.5) is 8.78 Å². The number of carboxylic acids is 1. The predicted molar refractivity (Wildman–Crippen MR) is 119 cm³/mol. The first-order valence-electron chi connectivity index (χ1n) is 9.90. The minimum absolute atomic E-state index is 0.0346. The molecule has 5 nitrogen and oxygen atoms in total. The number of ether oxygens (including phenoxy) is 1. The SMILES string of the molecule is C/C=C\c1ccc2c(c1)c(-c1cccnc1OC)c(C(=O)O)n2Cc1ccc(F)cc1F. The van der Waals surface area contributed by atoms with Crippen LogP contribution >= 0.6 is 0 Å². The summed E-state index contributed by atoms with van der Waals surface area (Å²) in [5.41, 5.74) is 2.55.